The van der Waals surface area contributed by atoms with E-state index in [1.165, 1.54) is 0 Å². The third-order valence-corrected chi connectivity index (χ3v) is 3.18. The van der Waals surface area contributed by atoms with Crippen molar-refractivity contribution in [3.63, 3.8) is 0 Å². The van der Waals surface area contributed by atoms with Crippen LogP contribution in [-0.2, 0) is 0 Å². The third-order valence-electron chi connectivity index (χ3n) is 3.18. The molecule has 0 radical (unpaired) electrons. The maximum Gasteiger partial charge on any atom is 0.210 e. The van der Waals surface area contributed by atoms with Crippen LogP contribution in [0.2, 0.25) is 0 Å². The van der Waals surface area contributed by atoms with Gasteiger partial charge < -0.3 is 5.32 Å². The second-order valence-electron chi connectivity index (χ2n) is 4.76. The van der Waals surface area contributed by atoms with Crippen LogP contribution in [0.1, 0.15) is 19.8 Å². The van der Waals surface area contributed by atoms with Crippen molar-refractivity contribution in [1.29, 1.82) is 0 Å². The van der Waals surface area contributed by atoms with Crippen LogP contribution in [0.5, 0.6) is 0 Å². The first-order valence-electron chi connectivity index (χ1n) is 7.27. The Balaban J connectivity index is 2.22. The molecule has 0 amide bonds. The molecule has 0 aliphatic rings. The fourth-order valence-corrected chi connectivity index (χ4v) is 2.06. The maximum atomic E-state index is 5.55. The van der Waals surface area contributed by atoms with Gasteiger partial charge in [-0.1, -0.05) is 61.9 Å². The summed E-state index contributed by atoms with van der Waals surface area (Å²) in [4.78, 5) is 4.43. The number of anilines is 1. The van der Waals surface area contributed by atoms with Gasteiger partial charge in [-0.05, 0) is 18.1 Å². The lowest BCUT2D eigenvalue weighted by Gasteiger charge is -2.13. The number of nitrogens with zero attached hydrogens (tertiary/aromatic N) is 1. The molecular weight excluding hydrogens is 260 g/mol. The average molecular weight is 282 g/mol. The van der Waals surface area contributed by atoms with Gasteiger partial charge in [-0.2, -0.15) is 0 Å². The van der Waals surface area contributed by atoms with Crippen LogP contribution >= 0.6 is 0 Å². The lowest BCUT2D eigenvalue weighted by atomic mass is 10.0. The summed E-state index contributed by atoms with van der Waals surface area (Å²) in [6, 6.07) is 18.4. The van der Waals surface area contributed by atoms with Crippen molar-refractivity contribution < 1.29 is 0 Å². The Bertz CT molecular complexity index is 578. The van der Waals surface area contributed by atoms with Gasteiger partial charge in [0.2, 0.25) is 5.96 Å². The minimum absolute atomic E-state index is 0.590. The molecule has 0 saturated carbocycles. The first-order valence-corrected chi connectivity index (χ1v) is 7.27. The summed E-state index contributed by atoms with van der Waals surface area (Å²) in [5, 5.41) is 3.27. The highest BCUT2D eigenvalue weighted by molar-refractivity contribution is 5.97. The Morgan fingerprint density at radius 3 is 2.48 bits per heavy atom. The van der Waals surface area contributed by atoms with Crippen molar-refractivity contribution in [2.75, 3.05) is 11.9 Å². The zero-order valence-corrected chi connectivity index (χ0v) is 12.3. The van der Waals surface area contributed by atoms with E-state index >= 15 is 0 Å². The van der Waals surface area contributed by atoms with E-state index in [1.807, 2.05) is 36.4 Å². The standard InChI is InChI=1S/C17H22N4/c1-2-3-13-19-17(21-18)20-16-12-8-7-11-15(16)14-9-5-4-6-10-14/h4-12H,2-3,13,18H2,1H3,(H2,19,20,21). The van der Waals surface area contributed by atoms with Gasteiger partial charge in [-0.25, -0.2) is 5.84 Å². The summed E-state index contributed by atoms with van der Waals surface area (Å²) in [5.41, 5.74) is 5.89. The van der Waals surface area contributed by atoms with Crippen molar-refractivity contribution in [2.45, 2.75) is 19.8 Å². The summed E-state index contributed by atoms with van der Waals surface area (Å²) in [7, 11) is 0. The molecule has 0 fully saturated rings. The van der Waals surface area contributed by atoms with Gasteiger partial charge in [0.25, 0.3) is 0 Å². The van der Waals surface area contributed by atoms with E-state index in [-0.39, 0.29) is 0 Å². The number of unbranched alkanes of at least 4 members (excludes halogenated alkanes) is 1. The molecule has 0 spiro atoms. The Morgan fingerprint density at radius 1 is 1.05 bits per heavy atom. The van der Waals surface area contributed by atoms with E-state index in [9.17, 15) is 0 Å². The molecule has 0 aliphatic carbocycles. The first kappa shape index (κ1) is 15.1. The van der Waals surface area contributed by atoms with Crippen LogP contribution < -0.4 is 16.6 Å². The molecule has 0 aliphatic heterocycles. The van der Waals surface area contributed by atoms with Crippen molar-refractivity contribution in [3.05, 3.63) is 54.6 Å². The number of benzene rings is 2. The zero-order chi connectivity index (χ0) is 14.9. The third kappa shape index (κ3) is 4.33. The number of hydrazine groups is 1. The summed E-state index contributed by atoms with van der Waals surface area (Å²) >= 11 is 0. The number of rotatable bonds is 5. The SMILES string of the molecule is CCCCN=C(NN)Nc1ccccc1-c1ccccc1. The molecule has 0 saturated heterocycles. The molecule has 21 heavy (non-hydrogen) atoms. The molecule has 2 aromatic carbocycles. The predicted molar refractivity (Wildman–Crippen MR) is 90.0 cm³/mol. The molecule has 4 heteroatoms. The highest BCUT2D eigenvalue weighted by atomic mass is 15.3. The molecular formula is C17H22N4. The first-order chi connectivity index (χ1) is 10.3. The van der Waals surface area contributed by atoms with Crippen molar-refractivity contribution >= 4 is 11.6 Å². The smallest absolute Gasteiger partial charge is 0.210 e. The minimum Gasteiger partial charge on any atom is -0.325 e. The van der Waals surface area contributed by atoms with Crippen LogP contribution in [0, 0.1) is 0 Å². The van der Waals surface area contributed by atoms with E-state index < -0.39 is 0 Å². The highest BCUT2D eigenvalue weighted by Gasteiger charge is 2.05. The number of nitrogens with one attached hydrogen (secondary N) is 2. The normalized spacial score (nSPS) is 11.2. The van der Waals surface area contributed by atoms with Crippen LogP contribution in [0.25, 0.3) is 11.1 Å². The van der Waals surface area contributed by atoms with E-state index in [4.69, 9.17) is 5.84 Å². The number of hydrogen-bond acceptors (Lipinski definition) is 2. The van der Waals surface area contributed by atoms with Gasteiger partial charge in [0.05, 0.1) is 0 Å². The topological polar surface area (TPSA) is 62.4 Å². The van der Waals surface area contributed by atoms with Crippen LogP contribution in [0.15, 0.2) is 59.6 Å². The van der Waals surface area contributed by atoms with Crippen molar-refractivity contribution in [1.82, 2.24) is 5.43 Å². The Morgan fingerprint density at radius 2 is 1.76 bits per heavy atom. The summed E-state index contributed by atoms with van der Waals surface area (Å²) < 4.78 is 0. The number of aliphatic imine (C=N–C) groups is 1. The van der Waals surface area contributed by atoms with Gasteiger partial charge in [0, 0.05) is 17.8 Å². The lowest BCUT2D eigenvalue weighted by Crippen LogP contribution is -2.36. The van der Waals surface area contributed by atoms with Gasteiger partial charge in [0.1, 0.15) is 0 Å². The molecule has 0 unspecified atom stereocenters. The lowest BCUT2D eigenvalue weighted by molar-refractivity contribution is 0.801. The average Bonchev–Trinajstić information content (AvgIpc) is 2.55. The maximum absolute atomic E-state index is 5.55. The number of hydrogen-bond donors (Lipinski definition) is 3. The Kier molecular flexibility index (Phi) is 5.79. The number of para-hydroxylation sites is 1. The molecule has 0 aromatic heterocycles. The van der Waals surface area contributed by atoms with Crippen LogP contribution in [-0.4, -0.2) is 12.5 Å². The van der Waals surface area contributed by atoms with Crippen LogP contribution in [0.4, 0.5) is 5.69 Å². The fourth-order valence-electron chi connectivity index (χ4n) is 2.06. The molecule has 0 bridgehead atoms. The summed E-state index contributed by atoms with van der Waals surface area (Å²) in [6.07, 6.45) is 2.16. The monoisotopic (exact) mass is 282 g/mol. The molecule has 4 nitrogen and oxygen atoms in total. The fraction of sp³-hybridized carbons (Fsp3) is 0.235. The van der Waals surface area contributed by atoms with Crippen LogP contribution in [0.3, 0.4) is 0 Å². The molecule has 0 atom stereocenters. The zero-order valence-electron chi connectivity index (χ0n) is 12.3. The van der Waals surface area contributed by atoms with E-state index in [0.717, 1.165) is 36.2 Å². The second-order valence-corrected chi connectivity index (χ2v) is 4.76. The van der Waals surface area contributed by atoms with E-state index in [1.54, 1.807) is 0 Å². The van der Waals surface area contributed by atoms with Gasteiger partial charge in [0.15, 0.2) is 0 Å². The molecule has 2 aromatic rings. The Hall–Kier alpha value is -2.33. The highest BCUT2D eigenvalue weighted by Crippen LogP contribution is 2.27. The summed E-state index contributed by atoms with van der Waals surface area (Å²) in [6.45, 7) is 2.90. The summed E-state index contributed by atoms with van der Waals surface area (Å²) in [5.74, 6) is 6.14. The largest absolute Gasteiger partial charge is 0.325 e. The Labute approximate surface area is 126 Å². The molecule has 110 valence electrons. The molecule has 0 heterocycles. The number of guanidine groups is 1. The quantitative estimate of drug-likeness (QED) is 0.259. The van der Waals surface area contributed by atoms with Gasteiger partial charge in [-0.15, -0.1) is 0 Å². The minimum atomic E-state index is 0.590. The second kappa shape index (κ2) is 8.07. The predicted octanol–water partition coefficient (Wildman–Crippen LogP) is 3.38. The molecule has 4 N–H and O–H groups in total. The molecule has 2 rings (SSSR count). The van der Waals surface area contributed by atoms with Crippen molar-refractivity contribution in [3.8, 4) is 11.1 Å². The van der Waals surface area contributed by atoms with E-state index in [0.29, 0.717) is 5.96 Å². The van der Waals surface area contributed by atoms with E-state index in [2.05, 4.69) is 40.9 Å². The van der Waals surface area contributed by atoms with Gasteiger partial charge in [-0.3, -0.25) is 10.4 Å². The van der Waals surface area contributed by atoms with Crippen molar-refractivity contribution in [2.24, 2.45) is 10.8 Å². The van der Waals surface area contributed by atoms with Gasteiger partial charge >= 0.3 is 0 Å². The number of nitrogens with two attached hydrogens (primary N) is 1.